The smallest absolute Gasteiger partial charge is 0.309 e. The van der Waals surface area contributed by atoms with Gasteiger partial charge in [0.2, 0.25) is 0 Å². The first-order valence-electron chi connectivity index (χ1n) is 7.04. The van der Waals surface area contributed by atoms with Crippen molar-refractivity contribution in [2.45, 2.75) is 50.9 Å². The van der Waals surface area contributed by atoms with Crippen LogP contribution in [-0.4, -0.2) is 29.1 Å². The number of carbonyl (C=O) groups excluding carboxylic acids is 2. The second-order valence-corrected chi connectivity index (χ2v) is 6.69. The van der Waals surface area contributed by atoms with Crippen LogP contribution in [0.1, 0.15) is 33.6 Å². The number of ether oxygens (including phenoxy) is 2. The van der Waals surface area contributed by atoms with E-state index < -0.39 is 5.60 Å². The molecule has 2 heterocycles. The van der Waals surface area contributed by atoms with Crippen molar-refractivity contribution in [3.05, 3.63) is 11.6 Å². The van der Waals surface area contributed by atoms with Gasteiger partial charge in [-0.3, -0.25) is 9.59 Å². The van der Waals surface area contributed by atoms with Crippen LogP contribution in [0.3, 0.4) is 0 Å². The van der Waals surface area contributed by atoms with E-state index in [1.165, 1.54) is 0 Å². The molecule has 2 saturated heterocycles. The van der Waals surface area contributed by atoms with Gasteiger partial charge in [0.15, 0.2) is 11.4 Å². The molecule has 1 spiro atoms. The number of fused-ring (bicyclic) bond motifs is 2. The zero-order valence-corrected chi connectivity index (χ0v) is 11.4. The maximum absolute atomic E-state index is 12.4. The fourth-order valence-corrected chi connectivity index (χ4v) is 4.60. The molecule has 0 radical (unpaired) electrons. The molecule has 0 amide bonds. The van der Waals surface area contributed by atoms with Gasteiger partial charge in [0, 0.05) is 5.92 Å². The number of esters is 1. The molecule has 0 aromatic heterocycles. The van der Waals surface area contributed by atoms with Crippen molar-refractivity contribution in [1.82, 2.24) is 0 Å². The molecule has 1 saturated carbocycles. The molecule has 102 valence electrons. The van der Waals surface area contributed by atoms with Gasteiger partial charge < -0.3 is 9.47 Å². The Morgan fingerprint density at radius 2 is 2.11 bits per heavy atom. The Morgan fingerprint density at radius 1 is 1.37 bits per heavy atom. The van der Waals surface area contributed by atoms with E-state index >= 15 is 0 Å². The predicted molar refractivity (Wildman–Crippen MR) is 66.2 cm³/mol. The van der Waals surface area contributed by atoms with Crippen LogP contribution in [0, 0.1) is 17.8 Å². The molecule has 4 rings (SSSR count). The molecule has 2 aliphatic heterocycles. The Balaban J connectivity index is 1.83. The monoisotopic (exact) mass is 262 g/mol. The van der Waals surface area contributed by atoms with Gasteiger partial charge in [0.05, 0.1) is 11.8 Å². The minimum atomic E-state index is -0.735. The number of hydrogen-bond acceptors (Lipinski definition) is 4. The zero-order valence-electron chi connectivity index (χ0n) is 11.4. The molecule has 0 unspecified atom stereocenters. The largest absolute Gasteiger partial charge is 0.461 e. The maximum atomic E-state index is 12.4. The molecule has 4 aliphatic rings. The van der Waals surface area contributed by atoms with Crippen molar-refractivity contribution in [2.75, 3.05) is 0 Å². The van der Waals surface area contributed by atoms with Gasteiger partial charge in [-0.2, -0.15) is 0 Å². The highest BCUT2D eigenvalue weighted by Crippen LogP contribution is 2.65. The number of rotatable bonds is 0. The van der Waals surface area contributed by atoms with Crippen molar-refractivity contribution in [3.8, 4) is 0 Å². The standard InChI is InChI=1S/C15H18O4/c1-7-6-10(16)15-11(7)12-9(8(2)13(17)18-12)4-5-14(15,3)19-15/h6,8-9,11-12H,4-5H2,1-3H3/t8-,9+,11+,12-,14+,15+/m0/s1. The molecule has 0 aromatic rings. The summed E-state index contributed by atoms with van der Waals surface area (Å²) < 4.78 is 11.5. The Bertz CT molecular complexity index is 536. The third kappa shape index (κ3) is 1.11. The van der Waals surface area contributed by atoms with Gasteiger partial charge in [-0.15, -0.1) is 0 Å². The second kappa shape index (κ2) is 3.11. The summed E-state index contributed by atoms with van der Waals surface area (Å²) in [7, 11) is 0. The third-order valence-corrected chi connectivity index (χ3v) is 5.76. The molecule has 2 aliphatic carbocycles. The van der Waals surface area contributed by atoms with Gasteiger partial charge in [0.25, 0.3) is 0 Å². The molecule has 6 atom stereocenters. The minimum Gasteiger partial charge on any atom is -0.461 e. The maximum Gasteiger partial charge on any atom is 0.309 e. The summed E-state index contributed by atoms with van der Waals surface area (Å²) >= 11 is 0. The summed E-state index contributed by atoms with van der Waals surface area (Å²) in [6.45, 7) is 5.92. The van der Waals surface area contributed by atoms with Gasteiger partial charge in [-0.1, -0.05) is 12.5 Å². The van der Waals surface area contributed by atoms with Gasteiger partial charge in [0.1, 0.15) is 11.7 Å². The van der Waals surface area contributed by atoms with Crippen LogP contribution in [0.5, 0.6) is 0 Å². The number of ketones is 1. The Labute approximate surface area is 112 Å². The number of hydrogen-bond donors (Lipinski definition) is 0. The summed E-state index contributed by atoms with van der Waals surface area (Å²) in [6, 6.07) is 0. The lowest BCUT2D eigenvalue weighted by Crippen LogP contribution is -2.41. The van der Waals surface area contributed by atoms with E-state index in [2.05, 4.69) is 0 Å². The van der Waals surface area contributed by atoms with Gasteiger partial charge in [-0.05, 0) is 32.8 Å². The summed E-state index contributed by atoms with van der Waals surface area (Å²) in [5.41, 5.74) is -0.0899. The predicted octanol–water partition coefficient (Wildman–Crippen LogP) is 1.63. The molecule has 0 bridgehead atoms. The van der Waals surface area contributed by atoms with E-state index in [0.717, 1.165) is 18.4 Å². The molecular formula is C15H18O4. The Hall–Kier alpha value is -1.16. The van der Waals surface area contributed by atoms with Crippen LogP contribution in [0.15, 0.2) is 11.6 Å². The number of epoxide rings is 1. The molecule has 3 fully saturated rings. The summed E-state index contributed by atoms with van der Waals surface area (Å²) in [5.74, 6) is 0.0187. The summed E-state index contributed by atoms with van der Waals surface area (Å²) in [4.78, 5) is 24.2. The number of carbonyl (C=O) groups is 2. The van der Waals surface area contributed by atoms with Crippen LogP contribution in [0.25, 0.3) is 0 Å². The average Bonchev–Trinajstić information content (AvgIpc) is 2.77. The highest BCUT2D eigenvalue weighted by atomic mass is 16.6. The minimum absolute atomic E-state index is 0.0633. The van der Waals surface area contributed by atoms with E-state index in [0.29, 0.717) is 0 Å². The van der Waals surface area contributed by atoms with Crippen molar-refractivity contribution < 1.29 is 19.1 Å². The lowest BCUT2D eigenvalue weighted by molar-refractivity contribution is -0.146. The van der Waals surface area contributed by atoms with Crippen molar-refractivity contribution in [3.63, 3.8) is 0 Å². The van der Waals surface area contributed by atoms with E-state index in [9.17, 15) is 9.59 Å². The van der Waals surface area contributed by atoms with Crippen LogP contribution in [-0.2, 0) is 19.1 Å². The third-order valence-electron chi connectivity index (χ3n) is 5.76. The van der Waals surface area contributed by atoms with Crippen LogP contribution < -0.4 is 0 Å². The first-order valence-corrected chi connectivity index (χ1v) is 7.04. The van der Waals surface area contributed by atoms with Gasteiger partial charge >= 0.3 is 5.97 Å². The van der Waals surface area contributed by atoms with Crippen LogP contribution >= 0.6 is 0 Å². The molecule has 19 heavy (non-hydrogen) atoms. The lowest BCUT2D eigenvalue weighted by Gasteiger charge is -2.26. The Morgan fingerprint density at radius 3 is 2.84 bits per heavy atom. The molecule has 0 aromatic carbocycles. The second-order valence-electron chi connectivity index (χ2n) is 6.69. The molecule has 4 heteroatoms. The van der Waals surface area contributed by atoms with E-state index in [1.54, 1.807) is 6.08 Å². The van der Waals surface area contributed by atoms with Crippen LogP contribution in [0.2, 0.25) is 0 Å². The van der Waals surface area contributed by atoms with Crippen molar-refractivity contribution in [2.24, 2.45) is 17.8 Å². The fourth-order valence-electron chi connectivity index (χ4n) is 4.60. The van der Waals surface area contributed by atoms with Gasteiger partial charge in [-0.25, -0.2) is 0 Å². The highest BCUT2D eigenvalue weighted by molar-refractivity contribution is 6.04. The van der Waals surface area contributed by atoms with E-state index in [4.69, 9.17) is 9.47 Å². The topological polar surface area (TPSA) is 55.9 Å². The first kappa shape index (κ1) is 11.6. The normalized spacial score (nSPS) is 54.8. The van der Waals surface area contributed by atoms with Crippen molar-refractivity contribution in [1.29, 1.82) is 0 Å². The lowest BCUT2D eigenvalue weighted by atomic mass is 9.77. The van der Waals surface area contributed by atoms with E-state index in [1.807, 2.05) is 20.8 Å². The summed E-state index contributed by atoms with van der Waals surface area (Å²) in [6.07, 6.45) is 3.23. The molecular weight excluding hydrogens is 244 g/mol. The van der Waals surface area contributed by atoms with E-state index in [-0.39, 0.29) is 41.2 Å². The molecule has 4 nitrogen and oxygen atoms in total. The first-order chi connectivity index (χ1) is 8.91. The highest BCUT2D eigenvalue weighted by Gasteiger charge is 2.79. The van der Waals surface area contributed by atoms with Crippen LogP contribution in [0.4, 0.5) is 0 Å². The summed E-state index contributed by atoms with van der Waals surface area (Å²) in [5, 5.41) is 0. The SMILES string of the molecule is CC1=CC(=O)[C@]23O[C@]2(C)CC[C@H]2[C@H](OC(=O)[C@H]2C)[C@@H]13. The Kier molecular flexibility index (Phi) is 1.91. The molecule has 0 N–H and O–H groups in total. The zero-order chi connectivity index (χ0) is 13.6. The average molecular weight is 262 g/mol. The van der Waals surface area contributed by atoms with Crippen molar-refractivity contribution >= 4 is 11.8 Å². The fraction of sp³-hybridized carbons (Fsp3) is 0.733. The quantitative estimate of drug-likeness (QED) is 0.492.